The Morgan fingerprint density at radius 2 is 2.18 bits per heavy atom. The maximum atomic E-state index is 5.91. The smallest absolute Gasteiger partial charge is 0.231 e. The predicted molar refractivity (Wildman–Crippen MR) is 63.0 cm³/mol. The molecular weight excluding hydrogens is 218 g/mol. The normalized spacial score (nSPS) is 13.0. The van der Waals surface area contributed by atoms with E-state index in [1.165, 1.54) is 0 Å². The number of nitrogens with zero attached hydrogens (tertiary/aromatic N) is 2. The van der Waals surface area contributed by atoms with Crippen LogP contribution in [0.25, 0.3) is 0 Å². The van der Waals surface area contributed by atoms with Crippen molar-refractivity contribution >= 4 is 5.82 Å². The molecule has 0 saturated heterocycles. The lowest BCUT2D eigenvalue weighted by atomic mass is 10.2. The second-order valence-electron chi connectivity index (χ2n) is 4.06. The lowest BCUT2D eigenvalue weighted by Crippen LogP contribution is -2.06. The molecule has 0 spiro atoms. The van der Waals surface area contributed by atoms with Gasteiger partial charge in [0.1, 0.15) is 5.82 Å². The number of aryl methyl sites for hydroxylation is 1. The first-order valence-corrected chi connectivity index (χ1v) is 5.40. The molecule has 2 heterocycles. The van der Waals surface area contributed by atoms with E-state index in [9.17, 15) is 0 Å². The van der Waals surface area contributed by atoms with Crippen LogP contribution in [0.2, 0.25) is 0 Å². The van der Waals surface area contributed by atoms with Gasteiger partial charge in [0.15, 0.2) is 11.5 Å². The van der Waals surface area contributed by atoms with Crippen LogP contribution in [0.3, 0.4) is 0 Å². The molecule has 3 rings (SSSR count). The molecule has 0 aliphatic carbocycles. The maximum absolute atomic E-state index is 5.91. The zero-order valence-corrected chi connectivity index (χ0v) is 9.51. The highest BCUT2D eigenvalue weighted by molar-refractivity contribution is 5.45. The van der Waals surface area contributed by atoms with Crippen LogP contribution in [-0.2, 0) is 6.54 Å². The average molecular weight is 231 g/mol. The minimum Gasteiger partial charge on any atom is -0.454 e. The highest BCUT2D eigenvalue weighted by Crippen LogP contribution is 2.32. The Hall–Kier alpha value is -2.17. The van der Waals surface area contributed by atoms with Gasteiger partial charge in [0, 0.05) is 5.56 Å². The second-order valence-corrected chi connectivity index (χ2v) is 4.06. The van der Waals surface area contributed by atoms with Gasteiger partial charge in [-0.3, -0.25) is 0 Å². The van der Waals surface area contributed by atoms with Gasteiger partial charge in [0.2, 0.25) is 6.79 Å². The molecule has 1 aromatic heterocycles. The first-order valence-electron chi connectivity index (χ1n) is 5.40. The Morgan fingerprint density at radius 3 is 2.94 bits per heavy atom. The predicted octanol–water partition coefficient (Wildman–Crippen LogP) is 1.55. The van der Waals surface area contributed by atoms with Crippen LogP contribution < -0.4 is 15.2 Å². The third kappa shape index (κ3) is 1.69. The van der Waals surface area contributed by atoms with Crippen LogP contribution >= 0.6 is 0 Å². The summed E-state index contributed by atoms with van der Waals surface area (Å²) in [6, 6.07) is 5.85. The summed E-state index contributed by atoms with van der Waals surface area (Å²) in [5.41, 5.74) is 7.99. The quantitative estimate of drug-likeness (QED) is 0.851. The molecular formula is C12H13N3O2. The van der Waals surface area contributed by atoms with E-state index < -0.39 is 0 Å². The van der Waals surface area contributed by atoms with E-state index in [0.717, 1.165) is 22.6 Å². The Morgan fingerprint density at radius 1 is 1.35 bits per heavy atom. The molecule has 1 aliphatic heterocycles. The van der Waals surface area contributed by atoms with Crippen molar-refractivity contribution in [2.24, 2.45) is 0 Å². The second kappa shape index (κ2) is 3.69. The summed E-state index contributed by atoms with van der Waals surface area (Å²) in [4.78, 5) is 0. The fourth-order valence-electron chi connectivity index (χ4n) is 1.83. The van der Waals surface area contributed by atoms with Crippen LogP contribution in [0.15, 0.2) is 24.4 Å². The first-order chi connectivity index (χ1) is 8.24. The molecule has 0 bridgehead atoms. The zero-order chi connectivity index (χ0) is 11.8. The molecule has 0 fully saturated rings. The van der Waals surface area contributed by atoms with Crippen LogP contribution in [-0.4, -0.2) is 16.6 Å². The Kier molecular flexibility index (Phi) is 2.18. The molecule has 1 aromatic carbocycles. The number of ether oxygens (including phenoxy) is 2. The lowest BCUT2D eigenvalue weighted by Gasteiger charge is -2.05. The number of benzene rings is 1. The van der Waals surface area contributed by atoms with Crippen molar-refractivity contribution in [3.8, 4) is 11.5 Å². The minimum atomic E-state index is 0.293. The molecule has 2 aromatic rings. The molecule has 1 aliphatic rings. The van der Waals surface area contributed by atoms with Crippen LogP contribution in [0.5, 0.6) is 11.5 Å². The standard InChI is InChI=1S/C12H13N3O2/c1-8-5-14-15(12(8)13)6-9-2-3-10-11(4-9)17-7-16-10/h2-5H,6-7,13H2,1H3. The van der Waals surface area contributed by atoms with Gasteiger partial charge in [-0.25, -0.2) is 4.68 Å². The van der Waals surface area contributed by atoms with E-state index in [0.29, 0.717) is 19.2 Å². The molecule has 0 saturated carbocycles. The number of nitrogen functional groups attached to an aromatic ring is 1. The number of anilines is 1. The van der Waals surface area contributed by atoms with Crippen molar-refractivity contribution in [2.45, 2.75) is 13.5 Å². The number of hydrogen-bond donors (Lipinski definition) is 1. The molecule has 0 atom stereocenters. The van der Waals surface area contributed by atoms with Gasteiger partial charge in [-0.15, -0.1) is 0 Å². The summed E-state index contributed by atoms with van der Waals surface area (Å²) >= 11 is 0. The maximum Gasteiger partial charge on any atom is 0.231 e. The lowest BCUT2D eigenvalue weighted by molar-refractivity contribution is 0.174. The van der Waals surface area contributed by atoms with Crippen molar-refractivity contribution < 1.29 is 9.47 Å². The topological polar surface area (TPSA) is 62.3 Å². The van der Waals surface area contributed by atoms with Crippen LogP contribution in [0.4, 0.5) is 5.82 Å². The van der Waals surface area contributed by atoms with Gasteiger partial charge in [-0.05, 0) is 24.6 Å². The Bertz CT molecular complexity index is 563. The van der Waals surface area contributed by atoms with Gasteiger partial charge in [0.05, 0.1) is 12.7 Å². The van der Waals surface area contributed by atoms with Crippen molar-refractivity contribution in [2.75, 3.05) is 12.5 Å². The Balaban J connectivity index is 1.88. The summed E-state index contributed by atoms with van der Waals surface area (Å²) in [6.45, 7) is 2.87. The summed E-state index contributed by atoms with van der Waals surface area (Å²) in [5, 5.41) is 4.22. The summed E-state index contributed by atoms with van der Waals surface area (Å²) in [6.07, 6.45) is 1.77. The third-order valence-corrected chi connectivity index (χ3v) is 2.84. The first kappa shape index (κ1) is 10.0. The van der Waals surface area contributed by atoms with Crippen molar-refractivity contribution in [3.63, 3.8) is 0 Å². The Labute approximate surface area is 98.8 Å². The van der Waals surface area contributed by atoms with Crippen molar-refractivity contribution in [1.29, 1.82) is 0 Å². The van der Waals surface area contributed by atoms with E-state index in [4.69, 9.17) is 15.2 Å². The molecule has 0 unspecified atom stereocenters. The van der Waals surface area contributed by atoms with E-state index in [2.05, 4.69) is 5.10 Å². The molecule has 5 nitrogen and oxygen atoms in total. The SMILES string of the molecule is Cc1cnn(Cc2ccc3c(c2)OCO3)c1N. The van der Waals surface area contributed by atoms with E-state index in [1.54, 1.807) is 10.9 Å². The van der Waals surface area contributed by atoms with Crippen molar-refractivity contribution in [3.05, 3.63) is 35.5 Å². The number of nitrogens with two attached hydrogens (primary N) is 1. The molecule has 88 valence electrons. The molecule has 17 heavy (non-hydrogen) atoms. The summed E-state index contributed by atoms with van der Waals surface area (Å²) in [5.74, 6) is 2.27. The summed E-state index contributed by atoms with van der Waals surface area (Å²) in [7, 11) is 0. The largest absolute Gasteiger partial charge is 0.454 e. The summed E-state index contributed by atoms with van der Waals surface area (Å²) < 4.78 is 12.4. The number of rotatable bonds is 2. The van der Waals surface area contributed by atoms with Crippen LogP contribution in [0, 0.1) is 6.92 Å². The van der Waals surface area contributed by atoms with E-state index in [1.807, 2.05) is 25.1 Å². The van der Waals surface area contributed by atoms with Gasteiger partial charge < -0.3 is 15.2 Å². The van der Waals surface area contributed by atoms with Crippen LogP contribution in [0.1, 0.15) is 11.1 Å². The highest BCUT2D eigenvalue weighted by Gasteiger charge is 2.13. The number of fused-ring (bicyclic) bond motifs is 1. The fraction of sp³-hybridized carbons (Fsp3) is 0.250. The molecule has 2 N–H and O–H groups in total. The van der Waals surface area contributed by atoms with E-state index >= 15 is 0 Å². The molecule has 0 amide bonds. The number of hydrogen-bond acceptors (Lipinski definition) is 4. The number of aromatic nitrogens is 2. The minimum absolute atomic E-state index is 0.293. The molecule has 0 radical (unpaired) electrons. The van der Waals surface area contributed by atoms with Gasteiger partial charge >= 0.3 is 0 Å². The van der Waals surface area contributed by atoms with Gasteiger partial charge in [0.25, 0.3) is 0 Å². The van der Waals surface area contributed by atoms with Gasteiger partial charge in [-0.2, -0.15) is 5.10 Å². The third-order valence-electron chi connectivity index (χ3n) is 2.84. The molecule has 5 heteroatoms. The van der Waals surface area contributed by atoms with E-state index in [-0.39, 0.29) is 0 Å². The fourth-order valence-corrected chi connectivity index (χ4v) is 1.83. The zero-order valence-electron chi connectivity index (χ0n) is 9.51. The average Bonchev–Trinajstić information content (AvgIpc) is 2.90. The van der Waals surface area contributed by atoms with Crippen molar-refractivity contribution in [1.82, 2.24) is 9.78 Å². The van der Waals surface area contributed by atoms with Gasteiger partial charge in [-0.1, -0.05) is 6.07 Å². The highest BCUT2D eigenvalue weighted by atomic mass is 16.7. The monoisotopic (exact) mass is 231 g/mol.